The van der Waals surface area contributed by atoms with Gasteiger partial charge in [0.1, 0.15) is 10.5 Å². The fourth-order valence-corrected chi connectivity index (χ4v) is 5.15. The first-order valence-corrected chi connectivity index (χ1v) is 13.0. The molecule has 36 heavy (non-hydrogen) atoms. The second-order valence-electron chi connectivity index (χ2n) is 7.93. The molecule has 3 aromatic rings. The molecule has 3 aromatic carbocycles. The van der Waals surface area contributed by atoms with E-state index in [4.69, 9.17) is 15.8 Å². The maximum atomic E-state index is 13.1. The van der Waals surface area contributed by atoms with Crippen LogP contribution >= 0.6 is 27.5 Å². The molecule has 11 heteroatoms. The minimum atomic E-state index is -4.13. The van der Waals surface area contributed by atoms with Crippen molar-refractivity contribution in [2.75, 3.05) is 4.90 Å². The van der Waals surface area contributed by atoms with Gasteiger partial charge in [0.25, 0.3) is 11.8 Å². The molecule has 0 bridgehead atoms. The summed E-state index contributed by atoms with van der Waals surface area (Å²) in [7, 11) is -4.13. The summed E-state index contributed by atoms with van der Waals surface area (Å²) in [6, 6.07) is 14.4. The molecule has 184 valence electrons. The Balaban J connectivity index is 1.63. The van der Waals surface area contributed by atoms with Gasteiger partial charge in [-0.2, -0.15) is 8.42 Å². The van der Waals surface area contributed by atoms with Crippen LogP contribution in [0.5, 0.6) is 5.75 Å². The molecular formula is C25H18BrClN2O6S. The Morgan fingerprint density at radius 3 is 2.31 bits per heavy atom. The van der Waals surface area contributed by atoms with E-state index >= 15 is 0 Å². The molecular weight excluding hydrogens is 572 g/mol. The summed E-state index contributed by atoms with van der Waals surface area (Å²) in [6.45, 7) is 3.55. The monoisotopic (exact) mass is 588 g/mol. The van der Waals surface area contributed by atoms with Gasteiger partial charge in [-0.3, -0.25) is 14.9 Å². The third kappa shape index (κ3) is 5.20. The molecule has 1 aliphatic heterocycles. The number of aryl methyl sites for hydroxylation is 2. The van der Waals surface area contributed by atoms with E-state index < -0.39 is 28.0 Å². The number of nitrogens with zero attached hydrogens (tertiary/aromatic N) is 1. The van der Waals surface area contributed by atoms with E-state index in [1.54, 1.807) is 37.3 Å². The maximum Gasteiger partial charge on any atom is 0.339 e. The topological polar surface area (TPSA) is 110 Å². The predicted molar refractivity (Wildman–Crippen MR) is 138 cm³/mol. The minimum Gasteiger partial charge on any atom is -0.377 e. The Bertz CT molecular complexity index is 1550. The van der Waals surface area contributed by atoms with Crippen molar-refractivity contribution >= 4 is 67.3 Å². The molecule has 0 saturated carbocycles. The SMILES string of the molecule is Cc1ccc(S(=O)(=O)Oc2ccc(/C=C3/C(=O)NC(=O)N(c4ccc(Br)cc4C)C3=O)cc2Cl)cc1. The number of anilines is 1. The Kier molecular flexibility index (Phi) is 7.03. The highest BCUT2D eigenvalue weighted by Crippen LogP contribution is 2.31. The first kappa shape index (κ1) is 25.6. The Hall–Kier alpha value is -3.47. The van der Waals surface area contributed by atoms with Crippen molar-refractivity contribution in [1.29, 1.82) is 0 Å². The van der Waals surface area contributed by atoms with Crippen molar-refractivity contribution in [3.8, 4) is 5.75 Å². The lowest BCUT2D eigenvalue weighted by Gasteiger charge is -2.27. The number of imide groups is 2. The number of amides is 4. The summed E-state index contributed by atoms with van der Waals surface area (Å²) in [4.78, 5) is 38.9. The van der Waals surface area contributed by atoms with Gasteiger partial charge in [0.15, 0.2) is 5.75 Å². The van der Waals surface area contributed by atoms with Gasteiger partial charge in [-0.05, 0) is 73.5 Å². The summed E-state index contributed by atoms with van der Waals surface area (Å²) in [5.74, 6) is -1.80. The fourth-order valence-electron chi connectivity index (χ4n) is 3.46. The minimum absolute atomic E-state index is 0.0344. The largest absolute Gasteiger partial charge is 0.377 e. The van der Waals surface area contributed by atoms with E-state index in [0.717, 1.165) is 14.9 Å². The van der Waals surface area contributed by atoms with Gasteiger partial charge >= 0.3 is 16.1 Å². The molecule has 4 amide bonds. The third-order valence-corrected chi connectivity index (χ3v) is 7.31. The summed E-state index contributed by atoms with van der Waals surface area (Å²) < 4.78 is 31.1. The van der Waals surface area contributed by atoms with E-state index in [0.29, 0.717) is 16.8 Å². The van der Waals surface area contributed by atoms with Gasteiger partial charge in [-0.1, -0.05) is 51.3 Å². The highest BCUT2D eigenvalue weighted by Gasteiger charge is 2.37. The second kappa shape index (κ2) is 9.88. The highest BCUT2D eigenvalue weighted by molar-refractivity contribution is 9.10. The molecule has 1 heterocycles. The fraction of sp³-hybridized carbons (Fsp3) is 0.0800. The number of rotatable bonds is 5. The first-order chi connectivity index (χ1) is 17.0. The average Bonchev–Trinajstić information content (AvgIpc) is 2.80. The van der Waals surface area contributed by atoms with Crippen LogP contribution in [0.2, 0.25) is 5.02 Å². The van der Waals surface area contributed by atoms with Gasteiger partial charge in [0.05, 0.1) is 10.7 Å². The molecule has 0 aliphatic carbocycles. The number of nitrogens with one attached hydrogen (secondary N) is 1. The van der Waals surface area contributed by atoms with E-state index in [-0.39, 0.29) is 21.2 Å². The molecule has 1 N–H and O–H groups in total. The quantitative estimate of drug-likeness (QED) is 0.250. The number of hydrogen-bond donors (Lipinski definition) is 1. The van der Waals surface area contributed by atoms with Gasteiger partial charge in [-0.25, -0.2) is 9.69 Å². The highest BCUT2D eigenvalue weighted by atomic mass is 79.9. The van der Waals surface area contributed by atoms with Gasteiger partial charge in [-0.15, -0.1) is 0 Å². The van der Waals surface area contributed by atoms with E-state index in [9.17, 15) is 22.8 Å². The number of carbonyl (C=O) groups excluding carboxylic acids is 3. The molecule has 0 aromatic heterocycles. The summed E-state index contributed by atoms with van der Waals surface area (Å²) >= 11 is 9.58. The van der Waals surface area contributed by atoms with Crippen molar-refractivity contribution in [2.24, 2.45) is 0 Å². The Morgan fingerprint density at radius 1 is 0.972 bits per heavy atom. The molecule has 1 saturated heterocycles. The zero-order chi connectivity index (χ0) is 26.2. The summed E-state index contributed by atoms with van der Waals surface area (Å²) in [5.41, 5.74) is 1.87. The zero-order valence-corrected chi connectivity index (χ0v) is 22.1. The number of benzene rings is 3. The molecule has 8 nitrogen and oxygen atoms in total. The standard InChI is InChI=1S/C25H18BrClN2O6S/c1-14-3-7-18(8-4-14)36(33,34)35-22-10-5-16(13-20(22)27)12-19-23(30)28-25(32)29(24(19)31)21-9-6-17(26)11-15(21)2/h3-13H,1-2H3,(H,28,30,32)/b19-12-. The lowest BCUT2D eigenvalue weighted by Crippen LogP contribution is -2.54. The molecule has 0 unspecified atom stereocenters. The lowest BCUT2D eigenvalue weighted by atomic mass is 10.1. The normalized spacial score (nSPS) is 15.3. The second-order valence-corrected chi connectivity index (χ2v) is 10.8. The van der Waals surface area contributed by atoms with Crippen LogP contribution in [0.25, 0.3) is 6.08 Å². The first-order valence-electron chi connectivity index (χ1n) is 10.4. The van der Waals surface area contributed by atoms with Gasteiger partial charge in [0, 0.05) is 4.47 Å². The predicted octanol–water partition coefficient (Wildman–Crippen LogP) is 5.15. The number of carbonyl (C=O) groups is 3. The molecule has 4 rings (SSSR count). The van der Waals surface area contributed by atoms with Crippen LogP contribution in [0.1, 0.15) is 16.7 Å². The number of hydrogen-bond acceptors (Lipinski definition) is 6. The maximum absolute atomic E-state index is 13.1. The molecule has 1 aliphatic rings. The third-order valence-electron chi connectivity index (χ3n) is 5.28. The van der Waals surface area contributed by atoms with E-state index in [1.807, 2.05) is 6.92 Å². The molecule has 1 fully saturated rings. The smallest absolute Gasteiger partial charge is 0.339 e. The van der Waals surface area contributed by atoms with Crippen LogP contribution in [0.4, 0.5) is 10.5 Å². The van der Waals surface area contributed by atoms with Crippen molar-refractivity contribution in [3.63, 3.8) is 0 Å². The summed E-state index contributed by atoms with van der Waals surface area (Å²) in [5, 5.41) is 2.10. The van der Waals surface area contributed by atoms with Crippen LogP contribution in [0.15, 0.2) is 75.6 Å². The van der Waals surface area contributed by atoms with Gasteiger partial charge < -0.3 is 4.18 Å². The number of barbiturate groups is 1. The van der Waals surface area contributed by atoms with Crippen LogP contribution < -0.4 is 14.4 Å². The van der Waals surface area contributed by atoms with Gasteiger partial charge in [0.2, 0.25) is 0 Å². The van der Waals surface area contributed by atoms with Crippen LogP contribution in [-0.4, -0.2) is 26.3 Å². The van der Waals surface area contributed by atoms with E-state index in [1.165, 1.54) is 36.4 Å². The zero-order valence-electron chi connectivity index (χ0n) is 18.9. The number of halogens is 2. The number of urea groups is 1. The molecule has 0 spiro atoms. The summed E-state index contributed by atoms with van der Waals surface area (Å²) in [6.07, 6.45) is 1.26. The van der Waals surface area contributed by atoms with Crippen LogP contribution in [0.3, 0.4) is 0 Å². The van der Waals surface area contributed by atoms with Crippen molar-refractivity contribution in [2.45, 2.75) is 18.7 Å². The Morgan fingerprint density at radius 2 is 1.67 bits per heavy atom. The lowest BCUT2D eigenvalue weighted by molar-refractivity contribution is -0.122. The van der Waals surface area contributed by atoms with Crippen molar-refractivity contribution in [3.05, 3.63) is 92.4 Å². The van der Waals surface area contributed by atoms with Crippen LogP contribution in [0, 0.1) is 13.8 Å². The van der Waals surface area contributed by atoms with Crippen molar-refractivity contribution in [1.82, 2.24) is 5.32 Å². The van der Waals surface area contributed by atoms with E-state index in [2.05, 4.69) is 21.2 Å². The average molecular weight is 590 g/mol. The van der Waals surface area contributed by atoms with Crippen molar-refractivity contribution < 1.29 is 27.0 Å². The molecule has 0 radical (unpaired) electrons. The van der Waals surface area contributed by atoms with Crippen LogP contribution in [-0.2, 0) is 19.7 Å². The molecule has 0 atom stereocenters. The Labute approximate surface area is 220 Å².